The molecule has 1 fully saturated rings. The van der Waals surface area contributed by atoms with Crippen LogP contribution in [0.25, 0.3) is 0 Å². The van der Waals surface area contributed by atoms with Gasteiger partial charge >= 0.3 is 6.18 Å². The van der Waals surface area contributed by atoms with Crippen molar-refractivity contribution in [1.82, 2.24) is 14.7 Å². The van der Waals surface area contributed by atoms with Crippen LogP contribution in [0, 0.1) is 0 Å². The predicted octanol–water partition coefficient (Wildman–Crippen LogP) is 2.41. The molecule has 4 nitrogen and oxygen atoms in total. The molecular weight excluding hydrogens is 319 g/mol. The van der Waals surface area contributed by atoms with Crippen LogP contribution in [0.5, 0.6) is 0 Å². The zero-order valence-corrected chi connectivity index (χ0v) is 14.1. The Bertz CT molecular complexity index is 535. The molecule has 1 saturated heterocycles. The third kappa shape index (κ3) is 5.21. The molecule has 0 spiro atoms. The highest BCUT2D eigenvalue weighted by atomic mass is 19.4. The van der Waals surface area contributed by atoms with E-state index in [0.717, 1.165) is 44.7 Å². The second-order valence-electron chi connectivity index (χ2n) is 6.37. The van der Waals surface area contributed by atoms with Crippen molar-refractivity contribution in [3.8, 4) is 0 Å². The Morgan fingerprint density at radius 1 is 1.08 bits per heavy atom. The molecule has 0 N–H and O–H groups in total. The van der Waals surface area contributed by atoms with Crippen LogP contribution in [0.3, 0.4) is 0 Å². The molecule has 0 radical (unpaired) electrons. The van der Waals surface area contributed by atoms with Gasteiger partial charge in [-0.25, -0.2) is 0 Å². The van der Waals surface area contributed by atoms with Crippen LogP contribution in [0.15, 0.2) is 24.3 Å². The van der Waals surface area contributed by atoms with Gasteiger partial charge in [0.25, 0.3) is 5.91 Å². The first-order chi connectivity index (χ1) is 11.3. The maximum atomic E-state index is 12.6. The smallest absolute Gasteiger partial charge is 0.336 e. The van der Waals surface area contributed by atoms with Crippen LogP contribution >= 0.6 is 0 Å². The Morgan fingerprint density at radius 3 is 2.17 bits per heavy atom. The first-order valence-corrected chi connectivity index (χ1v) is 8.11. The summed E-state index contributed by atoms with van der Waals surface area (Å²) in [7, 11) is 4.08. The molecule has 1 aromatic carbocycles. The lowest BCUT2D eigenvalue weighted by Gasteiger charge is -2.35. The van der Waals surface area contributed by atoms with Crippen molar-refractivity contribution in [2.75, 3.05) is 53.4 Å². The monoisotopic (exact) mass is 343 g/mol. The second kappa shape index (κ2) is 7.98. The van der Waals surface area contributed by atoms with Crippen molar-refractivity contribution in [2.45, 2.75) is 12.6 Å². The minimum atomic E-state index is -4.38. The average Bonchev–Trinajstić information content (AvgIpc) is 2.54. The standard InChI is InChI=1S/C17H24F3N3O/c1-21(2)8-3-9-22-10-12-23(13-11-22)16(24)14-4-6-15(7-5-14)17(18,19)20/h4-7H,3,8-13H2,1-2H3. The van der Waals surface area contributed by atoms with Gasteiger partial charge in [0.2, 0.25) is 0 Å². The van der Waals surface area contributed by atoms with E-state index >= 15 is 0 Å². The van der Waals surface area contributed by atoms with Gasteiger partial charge in [0.15, 0.2) is 0 Å². The minimum Gasteiger partial charge on any atom is -0.336 e. The summed E-state index contributed by atoms with van der Waals surface area (Å²) in [4.78, 5) is 18.6. The molecule has 0 atom stereocenters. The lowest BCUT2D eigenvalue weighted by molar-refractivity contribution is -0.137. The van der Waals surface area contributed by atoms with Crippen LogP contribution in [0.1, 0.15) is 22.3 Å². The molecule has 24 heavy (non-hydrogen) atoms. The van der Waals surface area contributed by atoms with Gasteiger partial charge < -0.3 is 9.80 Å². The molecule has 1 aliphatic rings. The number of nitrogens with zero attached hydrogens (tertiary/aromatic N) is 3. The number of carbonyl (C=O) groups is 1. The van der Waals surface area contributed by atoms with Crippen LogP contribution in [-0.4, -0.2) is 74.0 Å². The predicted molar refractivity (Wildman–Crippen MR) is 87.0 cm³/mol. The first kappa shape index (κ1) is 18.7. The number of hydrogen-bond donors (Lipinski definition) is 0. The number of carbonyl (C=O) groups excluding carboxylic acids is 1. The van der Waals surface area contributed by atoms with E-state index in [1.807, 2.05) is 14.1 Å². The van der Waals surface area contributed by atoms with Crippen molar-refractivity contribution in [3.63, 3.8) is 0 Å². The third-order valence-electron chi connectivity index (χ3n) is 4.20. The Kier molecular flexibility index (Phi) is 6.23. The van der Waals surface area contributed by atoms with Crippen LogP contribution in [-0.2, 0) is 6.18 Å². The van der Waals surface area contributed by atoms with Gasteiger partial charge in [0.1, 0.15) is 0 Å². The van der Waals surface area contributed by atoms with Crippen molar-refractivity contribution in [1.29, 1.82) is 0 Å². The Hall–Kier alpha value is -1.60. The molecule has 0 saturated carbocycles. The molecule has 2 rings (SSSR count). The molecule has 1 heterocycles. The summed E-state index contributed by atoms with van der Waals surface area (Å²) in [6.07, 6.45) is -3.29. The molecule has 0 unspecified atom stereocenters. The van der Waals surface area contributed by atoms with Gasteiger partial charge in [-0.3, -0.25) is 9.69 Å². The van der Waals surface area contributed by atoms with Gasteiger partial charge in [-0.05, 0) is 57.9 Å². The number of benzene rings is 1. The summed E-state index contributed by atoms with van der Waals surface area (Å²) in [5.74, 6) is -0.198. The van der Waals surface area contributed by atoms with Crippen LogP contribution < -0.4 is 0 Å². The molecule has 0 aromatic heterocycles. The minimum absolute atomic E-state index is 0.198. The lowest BCUT2D eigenvalue weighted by Crippen LogP contribution is -2.49. The number of halogens is 3. The zero-order chi connectivity index (χ0) is 17.7. The fourth-order valence-electron chi connectivity index (χ4n) is 2.77. The Balaban J connectivity index is 1.84. The van der Waals surface area contributed by atoms with Gasteiger partial charge in [0.05, 0.1) is 5.56 Å². The maximum Gasteiger partial charge on any atom is 0.416 e. The second-order valence-corrected chi connectivity index (χ2v) is 6.37. The van der Waals surface area contributed by atoms with Gasteiger partial charge in [-0.1, -0.05) is 0 Å². The molecule has 1 aliphatic heterocycles. The summed E-state index contributed by atoms with van der Waals surface area (Å²) >= 11 is 0. The fourth-order valence-corrected chi connectivity index (χ4v) is 2.77. The molecule has 1 aromatic rings. The van der Waals surface area contributed by atoms with Gasteiger partial charge in [0, 0.05) is 31.7 Å². The maximum absolute atomic E-state index is 12.6. The number of alkyl halides is 3. The Labute approximate surface area is 140 Å². The summed E-state index contributed by atoms with van der Waals surface area (Å²) in [6, 6.07) is 4.44. The largest absolute Gasteiger partial charge is 0.416 e. The van der Waals surface area contributed by atoms with Crippen molar-refractivity contribution in [2.24, 2.45) is 0 Å². The number of piperazine rings is 1. The number of hydrogen-bond acceptors (Lipinski definition) is 3. The molecular formula is C17H24F3N3O. The van der Waals surface area contributed by atoms with E-state index in [-0.39, 0.29) is 5.91 Å². The summed E-state index contributed by atoms with van der Waals surface area (Å²) in [6.45, 7) is 4.87. The summed E-state index contributed by atoms with van der Waals surface area (Å²) in [5.41, 5.74) is -0.422. The van der Waals surface area contributed by atoms with Gasteiger partial charge in [-0.15, -0.1) is 0 Å². The Morgan fingerprint density at radius 2 is 1.67 bits per heavy atom. The van der Waals surface area contributed by atoms with Gasteiger partial charge in [-0.2, -0.15) is 13.2 Å². The SMILES string of the molecule is CN(C)CCCN1CCN(C(=O)c2ccc(C(F)(F)F)cc2)CC1. The molecule has 134 valence electrons. The van der Waals surface area contributed by atoms with E-state index in [2.05, 4.69) is 9.80 Å². The van der Waals surface area contributed by atoms with Crippen molar-refractivity contribution >= 4 is 5.91 Å². The zero-order valence-electron chi connectivity index (χ0n) is 14.1. The van der Waals surface area contributed by atoms with Crippen LogP contribution in [0.4, 0.5) is 13.2 Å². The number of amides is 1. The van der Waals surface area contributed by atoms with E-state index in [4.69, 9.17) is 0 Å². The summed E-state index contributed by atoms with van der Waals surface area (Å²) in [5, 5.41) is 0. The highest BCUT2D eigenvalue weighted by molar-refractivity contribution is 5.94. The molecule has 0 aliphatic carbocycles. The highest BCUT2D eigenvalue weighted by Gasteiger charge is 2.30. The van der Waals surface area contributed by atoms with Crippen molar-refractivity contribution in [3.05, 3.63) is 35.4 Å². The first-order valence-electron chi connectivity index (χ1n) is 8.11. The average molecular weight is 343 g/mol. The van der Waals surface area contributed by atoms with Crippen LogP contribution in [0.2, 0.25) is 0 Å². The van der Waals surface area contributed by atoms with E-state index in [0.29, 0.717) is 18.7 Å². The van der Waals surface area contributed by atoms with Crippen molar-refractivity contribution < 1.29 is 18.0 Å². The third-order valence-corrected chi connectivity index (χ3v) is 4.20. The lowest BCUT2D eigenvalue weighted by atomic mass is 10.1. The van der Waals surface area contributed by atoms with E-state index in [9.17, 15) is 18.0 Å². The quantitative estimate of drug-likeness (QED) is 0.822. The topological polar surface area (TPSA) is 26.8 Å². The molecule has 7 heteroatoms. The fraction of sp³-hybridized carbons (Fsp3) is 0.588. The normalized spacial score (nSPS) is 16.7. The molecule has 1 amide bonds. The number of rotatable bonds is 5. The van der Waals surface area contributed by atoms with E-state index < -0.39 is 11.7 Å². The van der Waals surface area contributed by atoms with E-state index in [1.54, 1.807) is 4.90 Å². The summed E-state index contributed by atoms with van der Waals surface area (Å²) < 4.78 is 37.7. The molecule has 0 bridgehead atoms. The highest BCUT2D eigenvalue weighted by Crippen LogP contribution is 2.29. The van der Waals surface area contributed by atoms with E-state index in [1.165, 1.54) is 12.1 Å².